The van der Waals surface area contributed by atoms with Crippen LogP contribution in [0, 0.1) is 0 Å². The summed E-state index contributed by atoms with van der Waals surface area (Å²) in [4.78, 5) is 49.3. The summed E-state index contributed by atoms with van der Waals surface area (Å²) < 4.78 is 31.9. The van der Waals surface area contributed by atoms with Crippen LogP contribution in [0.5, 0.6) is 0 Å². The van der Waals surface area contributed by atoms with Gasteiger partial charge in [0.15, 0.2) is 0 Å². The van der Waals surface area contributed by atoms with E-state index in [1.54, 1.807) is 0 Å². The van der Waals surface area contributed by atoms with Crippen LogP contribution in [-0.2, 0) is 51.2 Å². The molecule has 4 aliphatic heterocycles. The Labute approximate surface area is 452 Å². The Morgan fingerprint density at radius 1 is 0.474 bits per heavy atom. The molecular formula is C60H60Cl2N2O12. The van der Waals surface area contributed by atoms with E-state index in [0.717, 1.165) is 11.1 Å². The maximum absolute atomic E-state index is 12.7. The molecule has 76 heavy (non-hydrogen) atoms. The molecule has 2 amide bonds. The summed E-state index contributed by atoms with van der Waals surface area (Å²) in [6.07, 6.45) is -2.97. The van der Waals surface area contributed by atoms with E-state index in [-0.39, 0.29) is 73.2 Å². The first-order chi connectivity index (χ1) is 36.9. The minimum absolute atomic E-state index is 0.0105. The lowest BCUT2D eigenvalue weighted by Crippen LogP contribution is -2.44. The lowest BCUT2D eigenvalue weighted by Gasteiger charge is -2.25. The van der Waals surface area contributed by atoms with Gasteiger partial charge in [0.2, 0.25) is 0 Å². The average Bonchev–Trinajstić information content (AvgIpc) is 4.34. The van der Waals surface area contributed by atoms with E-state index in [2.05, 4.69) is 48.5 Å². The van der Waals surface area contributed by atoms with Gasteiger partial charge in [-0.1, -0.05) is 158 Å². The largest absolute Gasteiger partial charge is 0.465 e. The Morgan fingerprint density at radius 2 is 0.803 bits per heavy atom. The summed E-state index contributed by atoms with van der Waals surface area (Å²) in [6, 6.07) is 51.3. The summed E-state index contributed by atoms with van der Waals surface area (Å²) in [7, 11) is 0. The lowest BCUT2D eigenvalue weighted by molar-refractivity contribution is -0.142. The fourth-order valence-corrected chi connectivity index (χ4v) is 11.5. The third-order valence-corrected chi connectivity index (χ3v) is 15.0. The van der Waals surface area contributed by atoms with Crippen molar-refractivity contribution in [3.63, 3.8) is 0 Å². The van der Waals surface area contributed by atoms with Crippen molar-refractivity contribution < 1.29 is 57.8 Å². The van der Waals surface area contributed by atoms with E-state index in [1.165, 1.54) is 68.2 Å². The first-order valence-electron chi connectivity index (χ1n) is 25.3. The number of hydrogen-bond acceptors (Lipinski definition) is 12. The van der Waals surface area contributed by atoms with Crippen LogP contribution in [0.3, 0.4) is 0 Å². The van der Waals surface area contributed by atoms with Crippen molar-refractivity contribution in [3.05, 3.63) is 191 Å². The molecular weight excluding hydrogens is 1010 g/mol. The van der Waals surface area contributed by atoms with Crippen molar-refractivity contribution in [2.45, 2.75) is 86.2 Å². The van der Waals surface area contributed by atoms with Gasteiger partial charge in [-0.15, -0.1) is 23.2 Å². The molecule has 6 aliphatic rings. The zero-order chi connectivity index (χ0) is 53.3. The van der Waals surface area contributed by atoms with Gasteiger partial charge in [0, 0.05) is 38.8 Å². The maximum atomic E-state index is 12.7. The fourth-order valence-electron chi connectivity index (χ4n) is 10.8. The van der Waals surface area contributed by atoms with E-state index in [0.29, 0.717) is 26.3 Å². The van der Waals surface area contributed by atoms with Crippen molar-refractivity contribution in [2.24, 2.45) is 0 Å². The number of ether oxygens (including phenoxy) is 6. The van der Waals surface area contributed by atoms with Gasteiger partial charge in [0.05, 0.1) is 48.3 Å². The highest BCUT2D eigenvalue weighted by atomic mass is 35.5. The molecule has 4 saturated heterocycles. The second-order valence-electron chi connectivity index (χ2n) is 19.2. The number of amides is 2. The maximum Gasteiger partial charge on any atom is 0.410 e. The summed E-state index contributed by atoms with van der Waals surface area (Å²) in [5.74, 6) is -0.289. The van der Waals surface area contributed by atoms with Crippen LogP contribution in [0.15, 0.2) is 158 Å². The lowest BCUT2D eigenvalue weighted by atomic mass is 9.98. The molecule has 16 heteroatoms. The number of hydrogen-bond donors (Lipinski definition) is 2. The average molecular weight is 1070 g/mol. The van der Waals surface area contributed by atoms with Crippen molar-refractivity contribution in [3.8, 4) is 22.3 Å². The Hall–Kier alpha value is -6.78. The molecule has 2 aliphatic carbocycles. The van der Waals surface area contributed by atoms with Gasteiger partial charge in [-0.25, -0.2) is 9.59 Å². The number of fused-ring (bicyclic) bond motifs is 8. The van der Waals surface area contributed by atoms with Gasteiger partial charge in [-0.05, 0) is 55.6 Å². The molecule has 2 N–H and O–H groups in total. The molecule has 0 unspecified atom stereocenters. The van der Waals surface area contributed by atoms with Crippen LogP contribution >= 0.6 is 23.2 Å². The summed E-state index contributed by atoms with van der Waals surface area (Å²) in [5, 5.41) is 19.4. The highest BCUT2D eigenvalue weighted by Gasteiger charge is 2.53. The molecule has 6 aromatic carbocycles. The zero-order valence-electron chi connectivity index (χ0n) is 42.1. The number of alkyl halides is 2. The predicted molar refractivity (Wildman–Crippen MR) is 286 cm³/mol. The molecule has 396 valence electrons. The van der Waals surface area contributed by atoms with Crippen LogP contribution in [0.4, 0.5) is 9.59 Å². The summed E-state index contributed by atoms with van der Waals surface area (Å²) in [6.45, 7) is 5.18. The van der Waals surface area contributed by atoms with Crippen LogP contribution in [0.1, 0.15) is 59.1 Å². The van der Waals surface area contributed by atoms with Crippen LogP contribution in [0.25, 0.3) is 22.3 Å². The number of esters is 2. The number of nitrogens with zero attached hydrogens (tertiary/aromatic N) is 2. The van der Waals surface area contributed by atoms with E-state index in [9.17, 15) is 29.4 Å². The van der Waals surface area contributed by atoms with Crippen molar-refractivity contribution >= 4 is 47.3 Å². The number of aliphatic hydroxyl groups excluding tert-OH is 2. The van der Waals surface area contributed by atoms with Crippen LogP contribution < -0.4 is 0 Å². The van der Waals surface area contributed by atoms with Crippen molar-refractivity contribution in [1.82, 2.24) is 9.80 Å². The van der Waals surface area contributed by atoms with E-state index < -0.39 is 36.5 Å². The van der Waals surface area contributed by atoms with Crippen molar-refractivity contribution in [2.75, 3.05) is 39.5 Å². The number of benzene rings is 6. The molecule has 4 heterocycles. The first kappa shape index (κ1) is 54.0. The standard InChI is InChI=1S/C21H20ClNO4.C16H14O2.C14H16ClNO4.C9H10O2/c22-17-9-23(19-18(24)11-26-20(17)19)21(25)27-10-16-14-7-3-1-5-12(14)13-6-2-4-8-15(13)16;1-11(17)18-10-16-14-8-4-2-6-12(14)13-7-3-5-9-15(13)16;15-10-6-16(12-11(17)8-19-13(10)12)14(18)20-7-9-4-2-1-3-5-9;1-8(10)11-7-9-5-3-2-4-6-9/h1-8,16-20,24H,9-11H2;2-9,16H,10H2,1H3;1-5,10-13,17H,6-8H2;2-6H,7H2,1H3/t17-,18-,19+,20+;;10-,11-,12+,13+;/m0.0./s1. The Kier molecular flexibility index (Phi) is 17.7. The third kappa shape index (κ3) is 12.2. The molecule has 0 aromatic heterocycles. The van der Waals surface area contributed by atoms with E-state index in [1.807, 2.05) is 109 Å². The normalized spacial score (nSPS) is 23.1. The topological polar surface area (TPSA) is 171 Å². The highest BCUT2D eigenvalue weighted by Crippen LogP contribution is 2.46. The Morgan fingerprint density at radius 3 is 1.18 bits per heavy atom. The quantitative estimate of drug-likeness (QED) is 0.0842. The Balaban J connectivity index is 0.000000129. The second kappa shape index (κ2) is 24.9. The molecule has 6 aromatic rings. The number of carbonyl (C=O) groups excluding carboxylic acids is 4. The number of aliphatic hydroxyl groups is 2. The fraction of sp³-hybridized carbons (Fsp3) is 0.333. The molecule has 0 radical (unpaired) electrons. The van der Waals surface area contributed by atoms with Gasteiger partial charge in [0.1, 0.15) is 38.6 Å². The Bertz CT molecular complexity index is 2870. The van der Waals surface area contributed by atoms with Crippen LogP contribution in [-0.4, -0.2) is 131 Å². The molecule has 12 rings (SSSR count). The number of halogens is 2. The summed E-state index contributed by atoms with van der Waals surface area (Å²) >= 11 is 12.4. The first-order valence-corrected chi connectivity index (χ1v) is 26.2. The molecule has 0 spiro atoms. The number of carbonyl (C=O) groups is 4. The summed E-state index contributed by atoms with van der Waals surface area (Å²) in [5.41, 5.74) is 11.7. The zero-order valence-corrected chi connectivity index (χ0v) is 43.6. The van der Waals surface area contributed by atoms with E-state index in [4.69, 9.17) is 51.6 Å². The monoisotopic (exact) mass is 1070 g/mol. The smallest absolute Gasteiger partial charge is 0.410 e. The number of rotatable bonds is 8. The van der Waals surface area contributed by atoms with Gasteiger partial charge in [0.25, 0.3) is 0 Å². The van der Waals surface area contributed by atoms with Gasteiger partial charge in [-0.3, -0.25) is 19.4 Å². The van der Waals surface area contributed by atoms with Gasteiger partial charge in [-0.2, -0.15) is 0 Å². The van der Waals surface area contributed by atoms with E-state index >= 15 is 0 Å². The van der Waals surface area contributed by atoms with Crippen molar-refractivity contribution in [1.29, 1.82) is 0 Å². The second-order valence-corrected chi connectivity index (χ2v) is 20.3. The minimum atomic E-state index is -0.723. The number of likely N-dealkylation sites (tertiary alicyclic amines) is 2. The molecule has 0 bridgehead atoms. The molecule has 14 nitrogen and oxygen atoms in total. The van der Waals surface area contributed by atoms with Crippen LogP contribution in [0.2, 0.25) is 0 Å². The third-order valence-electron chi connectivity index (χ3n) is 14.3. The minimum Gasteiger partial charge on any atom is -0.465 e. The van der Waals surface area contributed by atoms with Gasteiger partial charge < -0.3 is 38.6 Å². The predicted octanol–water partition coefficient (Wildman–Crippen LogP) is 9.47. The molecule has 0 saturated carbocycles. The highest BCUT2D eigenvalue weighted by molar-refractivity contribution is 6.22. The van der Waals surface area contributed by atoms with Gasteiger partial charge >= 0.3 is 24.1 Å². The molecule has 4 fully saturated rings. The SMILES string of the molecule is CC(=O)OCC1c2ccccc2-c2ccccc21.CC(=O)OCc1ccccc1.O=C(OCC1c2ccccc2-c2ccccc21)N1C[C@H](Cl)[C@H]2OC[C@H](O)[C@H]21.O=C(OCc1ccccc1)N1C[C@H](Cl)[C@H]2OC[C@H](O)[C@H]21. The molecule has 8 atom stereocenters.